The molecule has 2 aliphatic heterocycles. The van der Waals surface area contributed by atoms with Gasteiger partial charge in [-0.2, -0.15) is 5.10 Å². The van der Waals surface area contributed by atoms with Crippen LogP contribution in [0.25, 0.3) is 11.1 Å². The summed E-state index contributed by atoms with van der Waals surface area (Å²) in [5.74, 6) is 1.61. The summed E-state index contributed by atoms with van der Waals surface area (Å²) in [6, 6.07) is 17.5. The fourth-order valence-electron chi connectivity index (χ4n) is 5.41. The minimum atomic E-state index is -0.0762. The maximum Gasteiger partial charge on any atom is 0.253 e. The molecule has 41 heavy (non-hydrogen) atoms. The van der Waals surface area contributed by atoms with Crippen LogP contribution in [-0.4, -0.2) is 77.9 Å². The number of pyridine rings is 1. The van der Waals surface area contributed by atoms with Gasteiger partial charge in [-0.15, -0.1) is 0 Å². The van der Waals surface area contributed by atoms with Crippen LogP contribution in [0.3, 0.4) is 0 Å². The molecule has 2 aromatic carbocycles. The smallest absolute Gasteiger partial charge is 0.253 e. The lowest BCUT2D eigenvalue weighted by atomic mass is 9.89. The Bertz CT molecular complexity index is 1540. The van der Waals surface area contributed by atoms with Crippen molar-refractivity contribution in [3.05, 3.63) is 95.4 Å². The van der Waals surface area contributed by atoms with Crippen molar-refractivity contribution in [2.45, 2.75) is 12.3 Å². The Kier molecular flexibility index (Phi) is 7.52. The monoisotopic (exact) mass is 551 g/mol. The number of amides is 1. The molecule has 0 unspecified atom stereocenters. The Labute approximate surface area is 239 Å². The van der Waals surface area contributed by atoms with Gasteiger partial charge in [0.05, 0.1) is 26.5 Å². The van der Waals surface area contributed by atoms with Crippen molar-refractivity contribution in [1.82, 2.24) is 19.7 Å². The average Bonchev–Trinajstić information content (AvgIpc) is 3.43. The first-order chi connectivity index (χ1) is 20.0. The van der Waals surface area contributed by atoms with E-state index in [4.69, 9.17) is 9.47 Å². The molecule has 0 radical (unpaired) electrons. The van der Waals surface area contributed by atoms with E-state index in [1.54, 1.807) is 36.2 Å². The summed E-state index contributed by atoms with van der Waals surface area (Å²) >= 11 is 0. The zero-order valence-corrected chi connectivity index (χ0v) is 23.3. The highest BCUT2D eigenvalue weighted by atomic mass is 16.5. The number of carbonyl (C=O) groups excluding carboxylic acids is 2. The number of aromatic nitrogens is 3. The number of hydrogen-bond donors (Lipinski definition) is 0. The third kappa shape index (κ3) is 5.71. The fourth-order valence-corrected chi connectivity index (χ4v) is 5.41. The molecule has 210 valence electrons. The molecule has 2 saturated heterocycles. The van der Waals surface area contributed by atoms with E-state index in [9.17, 15) is 9.59 Å². The lowest BCUT2D eigenvalue weighted by Gasteiger charge is -2.39. The van der Waals surface area contributed by atoms with Gasteiger partial charge in [0.1, 0.15) is 11.6 Å². The number of aryl methyl sites for hydroxylation is 1. The molecule has 4 heterocycles. The fraction of sp³-hybridized carbons (Fsp3) is 0.312. The van der Waals surface area contributed by atoms with E-state index in [1.165, 1.54) is 5.56 Å². The molecular weight excluding hydrogens is 518 g/mol. The van der Waals surface area contributed by atoms with Gasteiger partial charge >= 0.3 is 0 Å². The van der Waals surface area contributed by atoms with Crippen molar-refractivity contribution in [3.63, 3.8) is 0 Å². The molecule has 2 fully saturated rings. The number of Topliss-reactive ketones (excluding diaryl/α,β-unsaturated/α-hetero) is 1. The lowest BCUT2D eigenvalue weighted by Crippen LogP contribution is -2.48. The van der Waals surface area contributed by atoms with E-state index in [-0.39, 0.29) is 18.1 Å². The number of benzene rings is 2. The number of hydrogen-bond acceptors (Lipinski definition) is 7. The van der Waals surface area contributed by atoms with Crippen LogP contribution in [0.2, 0.25) is 0 Å². The van der Waals surface area contributed by atoms with Gasteiger partial charge in [0.15, 0.2) is 5.78 Å². The number of rotatable bonds is 8. The van der Waals surface area contributed by atoms with Crippen LogP contribution in [0.5, 0.6) is 5.75 Å². The Morgan fingerprint density at radius 2 is 1.71 bits per heavy atom. The number of carbonyl (C=O) groups is 2. The van der Waals surface area contributed by atoms with Crippen molar-refractivity contribution in [1.29, 1.82) is 0 Å². The number of likely N-dealkylation sites (tertiary alicyclic amines) is 1. The zero-order chi connectivity index (χ0) is 28.3. The first-order valence-corrected chi connectivity index (χ1v) is 13.9. The summed E-state index contributed by atoms with van der Waals surface area (Å²) in [7, 11) is 3.48. The number of methoxy groups -OCH3 is 1. The molecular formula is C32H33N5O4. The Morgan fingerprint density at radius 1 is 0.951 bits per heavy atom. The molecule has 0 saturated carbocycles. The second kappa shape index (κ2) is 11.5. The number of morpholine rings is 1. The summed E-state index contributed by atoms with van der Waals surface area (Å²) in [5, 5.41) is 4.24. The van der Waals surface area contributed by atoms with Crippen LogP contribution in [0.15, 0.2) is 73.2 Å². The predicted octanol–water partition coefficient (Wildman–Crippen LogP) is 3.99. The highest BCUT2D eigenvalue weighted by Crippen LogP contribution is 2.31. The predicted molar refractivity (Wildman–Crippen MR) is 156 cm³/mol. The van der Waals surface area contributed by atoms with Crippen molar-refractivity contribution in [2.24, 2.45) is 7.05 Å². The average molecular weight is 552 g/mol. The summed E-state index contributed by atoms with van der Waals surface area (Å²) in [5.41, 5.74) is 5.19. The minimum Gasteiger partial charge on any atom is -0.496 e. The normalized spacial score (nSPS) is 15.5. The standard InChI is InChI=1S/C32H33N5O4/c1-35-19-27(18-34-35)22-3-5-23(6-4-22)28-20-37(21-28)32(39)24-7-9-30(40-2)26(15-24)16-29(38)25-8-10-31(33-17-25)36-11-13-41-14-12-36/h3-10,15,17-19,28H,11-14,16,20-21H2,1-2H3. The number of ether oxygens (including phenoxy) is 2. The maximum atomic E-state index is 13.3. The van der Waals surface area contributed by atoms with Crippen LogP contribution in [0, 0.1) is 0 Å². The van der Waals surface area contributed by atoms with Gasteiger partial charge in [-0.1, -0.05) is 24.3 Å². The third-order valence-electron chi connectivity index (χ3n) is 7.87. The van der Waals surface area contributed by atoms with Gasteiger partial charge in [0.2, 0.25) is 0 Å². The first-order valence-electron chi connectivity index (χ1n) is 13.9. The molecule has 1 amide bonds. The van der Waals surface area contributed by atoms with E-state index in [1.807, 2.05) is 36.5 Å². The molecule has 9 nitrogen and oxygen atoms in total. The van der Waals surface area contributed by atoms with Crippen molar-refractivity contribution in [3.8, 4) is 16.9 Å². The van der Waals surface area contributed by atoms with Crippen molar-refractivity contribution in [2.75, 3.05) is 51.4 Å². The molecule has 0 N–H and O–H groups in total. The second-order valence-electron chi connectivity index (χ2n) is 10.6. The highest BCUT2D eigenvalue weighted by molar-refractivity contribution is 5.99. The number of anilines is 1. The van der Waals surface area contributed by atoms with Crippen LogP contribution < -0.4 is 9.64 Å². The summed E-state index contributed by atoms with van der Waals surface area (Å²) in [6.45, 7) is 4.24. The first kappa shape index (κ1) is 26.7. The van der Waals surface area contributed by atoms with Gasteiger partial charge in [-0.05, 0) is 41.5 Å². The van der Waals surface area contributed by atoms with Gasteiger partial charge < -0.3 is 19.3 Å². The maximum absolute atomic E-state index is 13.3. The van der Waals surface area contributed by atoms with Gasteiger partial charge in [0, 0.05) is 80.2 Å². The molecule has 0 atom stereocenters. The van der Waals surface area contributed by atoms with Crippen LogP contribution in [-0.2, 0) is 18.2 Å². The summed E-state index contributed by atoms with van der Waals surface area (Å²) in [6.07, 6.45) is 5.59. The Balaban J connectivity index is 1.09. The minimum absolute atomic E-state index is 0.0406. The van der Waals surface area contributed by atoms with E-state index in [0.717, 1.165) is 30.0 Å². The number of ketones is 1. The largest absolute Gasteiger partial charge is 0.496 e. The molecule has 0 spiro atoms. The molecule has 2 aliphatic rings. The van der Waals surface area contributed by atoms with Crippen molar-refractivity contribution < 1.29 is 19.1 Å². The van der Waals surface area contributed by atoms with E-state index < -0.39 is 0 Å². The second-order valence-corrected chi connectivity index (χ2v) is 10.6. The Hall–Kier alpha value is -4.50. The quantitative estimate of drug-likeness (QED) is 0.306. The third-order valence-corrected chi connectivity index (χ3v) is 7.87. The zero-order valence-electron chi connectivity index (χ0n) is 23.3. The SMILES string of the molecule is COc1ccc(C(=O)N2CC(c3ccc(-c4cnn(C)c4)cc3)C2)cc1CC(=O)c1ccc(N2CCOCC2)nc1. The molecule has 6 rings (SSSR count). The lowest BCUT2D eigenvalue weighted by molar-refractivity contribution is 0.0602. The van der Waals surface area contributed by atoms with E-state index in [0.29, 0.717) is 54.7 Å². The molecule has 2 aromatic heterocycles. The Morgan fingerprint density at radius 3 is 2.37 bits per heavy atom. The molecule has 4 aromatic rings. The highest BCUT2D eigenvalue weighted by Gasteiger charge is 2.32. The van der Waals surface area contributed by atoms with Crippen LogP contribution in [0.4, 0.5) is 5.82 Å². The van der Waals surface area contributed by atoms with Crippen LogP contribution >= 0.6 is 0 Å². The summed E-state index contributed by atoms with van der Waals surface area (Å²) in [4.78, 5) is 34.9. The van der Waals surface area contributed by atoms with E-state index >= 15 is 0 Å². The van der Waals surface area contributed by atoms with Crippen LogP contribution in [0.1, 0.15) is 37.8 Å². The van der Waals surface area contributed by atoms with E-state index in [2.05, 4.69) is 39.2 Å². The van der Waals surface area contributed by atoms with Gasteiger partial charge in [0.25, 0.3) is 5.91 Å². The molecule has 0 aliphatic carbocycles. The molecule has 9 heteroatoms. The number of nitrogens with zero attached hydrogens (tertiary/aromatic N) is 5. The topological polar surface area (TPSA) is 89.8 Å². The van der Waals surface area contributed by atoms with Crippen molar-refractivity contribution >= 4 is 17.5 Å². The summed E-state index contributed by atoms with van der Waals surface area (Å²) < 4.78 is 12.7. The molecule has 0 bridgehead atoms. The van der Waals surface area contributed by atoms with Gasteiger partial charge in [-0.3, -0.25) is 14.3 Å². The van der Waals surface area contributed by atoms with Gasteiger partial charge in [-0.25, -0.2) is 4.98 Å².